The topological polar surface area (TPSA) is 60.3 Å². The van der Waals surface area contributed by atoms with Gasteiger partial charge in [-0.3, -0.25) is 9.36 Å². The van der Waals surface area contributed by atoms with E-state index < -0.39 is 0 Å². The summed E-state index contributed by atoms with van der Waals surface area (Å²) in [6, 6.07) is 15.2. The Balaban J connectivity index is 1.70. The van der Waals surface area contributed by atoms with Gasteiger partial charge in [0.2, 0.25) is 5.91 Å². The van der Waals surface area contributed by atoms with Crippen LogP contribution in [0.25, 0.3) is 17.1 Å². The van der Waals surface area contributed by atoms with E-state index in [1.807, 2.05) is 58.0 Å². The highest BCUT2D eigenvalue weighted by Crippen LogP contribution is 2.33. The number of methoxy groups -OCH3 is 1. The van der Waals surface area contributed by atoms with Crippen molar-refractivity contribution < 1.29 is 9.53 Å². The lowest BCUT2D eigenvalue weighted by Crippen LogP contribution is -2.29. The molecule has 0 saturated carbocycles. The maximum Gasteiger partial charge on any atom is 0.233 e. The summed E-state index contributed by atoms with van der Waals surface area (Å²) in [7, 11) is 1.63. The van der Waals surface area contributed by atoms with Gasteiger partial charge in [-0.1, -0.05) is 35.5 Å². The van der Waals surface area contributed by atoms with E-state index in [4.69, 9.17) is 16.3 Å². The molecule has 150 valence electrons. The molecular formula is C21H21ClN4O2S. The first-order valence-electron chi connectivity index (χ1n) is 9.42. The zero-order valence-corrected chi connectivity index (χ0v) is 17.6. The highest BCUT2D eigenvalue weighted by Gasteiger charge is 2.22. The van der Waals surface area contributed by atoms with Crippen LogP contribution < -0.4 is 4.74 Å². The summed E-state index contributed by atoms with van der Waals surface area (Å²) in [5.41, 5.74) is 1.70. The van der Waals surface area contributed by atoms with E-state index in [0.29, 0.717) is 27.5 Å². The molecule has 0 unspecified atom stereocenters. The first-order valence-corrected chi connectivity index (χ1v) is 10.8. The number of aromatic nitrogens is 3. The number of amides is 1. The van der Waals surface area contributed by atoms with E-state index in [-0.39, 0.29) is 5.91 Å². The lowest BCUT2D eigenvalue weighted by atomic mass is 10.2. The smallest absolute Gasteiger partial charge is 0.233 e. The minimum Gasteiger partial charge on any atom is -0.496 e. The Morgan fingerprint density at radius 2 is 1.83 bits per heavy atom. The van der Waals surface area contributed by atoms with Crippen LogP contribution in [0.4, 0.5) is 0 Å². The number of hydrogen-bond acceptors (Lipinski definition) is 5. The van der Waals surface area contributed by atoms with E-state index in [9.17, 15) is 4.79 Å². The van der Waals surface area contributed by atoms with Gasteiger partial charge in [-0.05, 0) is 49.2 Å². The molecule has 0 bridgehead atoms. The number of hydrogen-bond donors (Lipinski definition) is 0. The largest absolute Gasteiger partial charge is 0.496 e. The van der Waals surface area contributed by atoms with Crippen molar-refractivity contribution in [3.63, 3.8) is 0 Å². The predicted octanol–water partition coefficient (Wildman–Crippen LogP) is 4.31. The number of rotatable bonds is 6. The van der Waals surface area contributed by atoms with Crippen LogP contribution in [0.15, 0.2) is 53.7 Å². The zero-order chi connectivity index (χ0) is 20.2. The third-order valence-corrected chi connectivity index (χ3v) is 6.02. The highest BCUT2D eigenvalue weighted by molar-refractivity contribution is 7.99. The Morgan fingerprint density at radius 1 is 1.10 bits per heavy atom. The molecule has 29 heavy (non-hydrogen) atoms. The van der Waals surface area contributed by atoms with Crippen molar-refractivity contribution in [3.05, 3.63) is 53.6 Å². The lowest BCUT2D eigenvalue weighted by molar-refractivity contribution is -0.127. The molecule has 1 amide bonds. The molecule has 1 aliphatic heterocycles. The molecule has 4 rings (SSSR count). The zero-order valence-electron chi connectivity index (χ0n) is 16.0. The fourth-order valence-electron chi connectivity index (χ4n) is 3.37. The molecule has 0 N–H and O–H groups in total. The predicted molar refractivity (Wildman–Crippen MR) is 115 cm³/mol. The van der Waals surface area contributed by atoms with Crippen molar-refractivity contribution in [1.82, 2.24) is 19.7 Å². The maximum absolute atomic E-state index is 12.5. The van der Waals surface area contributed by atoms with Gasteiger partial charge in [-0.15, -0.1) is 10.2 Å². The molecule has 1 fully saturated rings. The number of thioether (sulfide) groups is 1. The van der Waals surface area contributed by atoms with E-state index >= 15 is 0 Å². The van der Waals surface area contributed by atoms with Crippen molar-refractivity contribution in [3.8, 4) is 22.8 Å². The second-order valence-corrected chi connectivity index (χ2v) is 8.07. The number of carbonyl (C=O) groups excluding carboxylic acids is 1. The average molecular weight is 429 g/mol. The second-order valence-electron chi connectivity index (χ2n) is 6.69. The van der Waals surface area contributed by atoms with Crippen molar-refractivity contribution in [2.45, 2.75) is 18.0 Å². The molecule has 0 atom stereocenters. The van der Waals surface area contributed by atoms with Gasteiger partial charge in [-0.2, -0.15) is 0 Å². The maximum atomic E-state index is 12.5. The van der Waals surface area contributed by atoms with Crippen molar-refractivity contribution in [2.24, 2.45) is 0 Å². The SMILES string of the molecule is COc1ccccc1-c1nnc(SCC(=O)N2CCCC2)n1-c1ccc(Cl)cc1. The summed E-state index contributed by atoms with van der Waals surface area (Å²) < 4.78 is 7.46. The van der Waals surface area contributed by atoms with Crippen LogP contribution in [0, 0.1) is 0 Å². The summed E-state index contributed by atoms with van der Waals surface area (Å²) in [5.74, 6) is 1.83. The third-order valence-electron chi connectivity index (χ3n) is 4.85. The number of para-hydroxylation sites is 1. The van der Waals surface area contributed by atoms with Crippen LogP contribution >= 0.6 is 23.4 Å². The number of ether oxygens (including phenoxy) is 1. The summed E-state index contributed by atoms with van der Waals surface area (Å²) in [6.45, 7) is 1.69. The quantitative estimate of drug-likeness (QED) is 0.547. The Bertz CT molecular complexity index is 1000. The normalized spacial score (nSPS) is 13.7. The number of carbonyl (C=O) groups is 1. The summed E-state index contributed by atoms with van der Waals surface area (Å²) in [4.78, 5) is 14.4. The molecule has 3 aromatic rings. The van der Waals surface area contributed by atoms with Crippen LogP contribution in [0.5, 0.6) is 5.75 Å². The Kier molecular flexibility index (Phi) is 6.06. The Morgan fingerprint density at radius 3 is 2.55 bits per heavy atom. The van der Waals surface area contributed by atoms with Gasteiger partial charge in [0.05, 0.1) is 18.4 Å². The number of nitrogens with zero attached hydrogens (tertiary/aromatic N) is 4. The molecule has 6 nitrogen and oxygen atoms in total. The average Bonchev–Trinajstić information content (AvgIpc) is 3.43. The van der Waals surface area contributed by atoms with Gasteiger partial charge >= 0.3 is 0 Å². The van der Waals surface area contributed by atoms with Gasteiger partial charge in [0.15, 0.2) is 11.0 Å². The molecule has 8 heteroatoms. The lowest BCUT2D eigenvalue weighted by Gasteiger charge is -2.15. The van der Waals surface area contributed by atoms with Gasteiger partial charge < -0.3 is 9.64 Å². The first kappa shape index (κ1) is 19.8. The van der Waals surface area contributed by atoms with E-state index in [2.05, 4.69) is 10.2 Å². The summed E-state index contributed by atoms with van der Waals surface area (Å²) in [6.07, 6.45) is 2.16. The number of halogens is 1. The van der Waals surface area contributed by atoms with Crippen molar-refractivity contribution in [1.29, 1.82) is 0 Å². The van der Waals surface area contributed by atoms with Gasteiger partial charge in [-0.25, -0.2) is 0 Å². The van der Waals surface area contributed by atoms with E-state index in [1.165, 1.54) is 11.8 Å². The molecule has 0 radical (unpaired) electrons. The Hall–Kier alpha value is -2.51. The fourth-order valence-corrected chi connectivity index (χ4v) is 4.35. The first-order chi connectivity index (χ1) is 14.2. The molecule has 1 aromatic heterocycles. The standard InChI is InChI=1S/C21H21ClN4O2S/c1-28-18-7-3-2-6-17(18)20-23-24-21(26(20)16-10-8-15(22)9-11-16)29-14-19(27)25-12-4-5-13-25/h2-3,6-11H,4-5,12-14H2,1H3. The molecule has 2 aromatic carbocycles. The van der Waals surface area contributed by atoms with E-state index in [0.717, 1.165) is 37.2 Å². The van der Waals surface area contributed by atoms with Crippen molar-refractivity contribution in [2.75, 3.05) is 26.0 Å². The van der Waals surface area contributed by atoms with Gasteiger partial charge in [0.25, 0.3) is 0 Å². The minimum absolute atomic E-state index is 0.136. The monoisotopic (exact) mass is 428 g/mol. The summed E-state index contributed by atoms with van der Waals surface area (Å²) in [5, 5.41) is 10.1. The fraction of sp³-hybridized carbons (Fsp3) is 0.286. The van der Waals surface area contributed by atoms with Gasteiger partial charge in [0.1, 0.15) is 5.75 Å². The molecule has 0 spiro atoms. The van der Waals surface area contributed by atoms with Crippen LogP contribution in [-0.4, -0.2) is 51.5 Å². The van der Waals surface area contributed by atoms with E-state index in [1.54, 1.807) is 7.11 Å². The van der Waals surface area contributed by atoms with Crippen LogP contribution in [-0.2, 0) is 4.79 Å². The summed E-state index contributed by atoms with van der Waals surface area (Å²) >= 11 is 7.47. The second kappa shape index (κ2) is 8.88. The molecule has 1 aliphatic rings. The van der Waals surface area contributed by atoms with Crippen LogP contribution in [0.1, 0.15) is 12.8 Å². The van der Waals surface area contributed by atoms with Crippen LogP contribution in [0.2, 0.25) is 5.02 Å². The highest BCUT2D eigenvalue weighted by atomic mass is 35.5. The minimum atomic E-state index is 0.136. The number of benzene rings is 2. The molecule has 2 heterocycles. The van der Waals surface area contributed by atoms with Crippen LogP contribution in [0.3, 0.4) is 0 Å². The number of likely N-dealkylation sites (tertiary alicyclic amines) is 1. The van der Waals surface area contributed by atoms with Gasteiger partial charge in [0, 0.05) is 23.8 Å². The Labute approximate surface area is 178 Å². The molecule has 1 saturated heterocycles. The van der Waals surface area contributed by atoms with Crippen molar-refractivity contribution >= 4 is 29.3 Å². The molecule has 0 aliphatic carbocycles. The molecular weight excluding hydrogens is 408 g/mol. The third kappa shape index (κ3) is 4.26.